The fourth-order valence-electron chi connectivity index (χ4n) is 1.84. The standard InChI is InChI=1S/C13H20N4O2/c1-4-13(5-2,12(14)17-19)16-11(18)10-7-6-9(3)15-8-10/h6-8,19H,4-5H2,1-3H3,(H2,14,17)(H,16,18). The molecule has 0 aliphatic carbocycles. The number of carbonyl (C=O) groups is 1. The summed E-state index contributed by atoms with van der Waals surface area (Å²) in [5.74, 6) is -0.284. The molecule has 1 rings (SSSR count). The van der Waals surface area contributed by atoms with Crippen molar-refractivity contribution in [2.24, 2.45) is 10.9 Å². The SMILES string of the molecule is CCC(CC)(NC(=O)c1ccc(C)nc1)/C(N)=N/O. The summed E-state index contributed by atoms with van der Waals surface area (Å²) in [6, 6.07) is 3.46. The molecule has 0 atom stereocenters. The first-order valence-electron chi connectivity index (χ1n) is 6.22. The lowest BCUT2D eigenvalue weighted by atomic mass is 9.91. The van der Waals surface area contributed by atoms with Crippen LogP contribution in [0.5, 0.6) is 0 Å². The van der Waals surface area contributed by atoms with Crippen molar-refractivity contribution in [1.82, 2.24) is 10.3 Å². The van der Waals surface area contributed by atoms with E-state index in [-0.39, 0.29) is 11.7 Å². The summed E-state index contributed by atoms with van der Waals surface area (Å²) < 4.78 is 0. The summed E-state index contributed by atoms with van der Waals surface area (Å²) in [5.41, 5.74) is 6.14. The average Bonchev–Trinajstić information content (AvgIpc) is 2.44. The van der Waals surface area contributed by atoms with Crippen LogP contribution in [-0.2, 0) is 0 Å². The quantitative estimate of drug-likeness (QED) is 0.324. The van der Waals surface area contributed by atoms with Gasteiger partial charge in [0.1, 0.15) is 5.54 Å². The van der Waals surface area contributed by atoms with E-state index in [0.29, 0.717) is 18.4 Å². The molecule has 0 spiro atoms. The maximum Gasteiger partial charge on any atom is 0.253 e. The zero-order valence-corrected chi connectivity index (χ0v) is 11.5. The van der Waals surface area contributed by atoms with Gasteiger partial charge in [0.15, 0.2) is 5.84 Å². The monoisotopic (exact) mass is 264 g/mol. The Morgan fingerprint density at radius 1 is 1.47 bits per heavy atom. The summed E-state index contributed by atoms with van der Waals surface area (Å²) in [5, 5.41) is 14.7. The third-order valence-electron chi connectivity index (χ3n) is 3.33. The number of hydrogen-bond donors (Lipinski definition) is 3. The van der Waals surface area contributed by atoms with Gasteiger partial charge >= 0.3 is 0 Å². The molecule has 1 aromatic rings. The van der Waals surface area contributed by atoms with E-state index in [1.165, 1.54) is 6.20 Å². The highest BCUT2D eigenvalue weighted by Crippen LogP contribution is 2.16. The van der Waals surface area contributed by atoms with Crippen molar-refractivity contribution in [2.75, 3.05) is 0 Å². The Morgan fingerprint density at radius 2 is 2.11 bits per heavy atom. The maximum absolute atomic E-state index is 12.2. The topological polar surface area (TPSA) is 101 Å². The Hall–Kier alpha value is -2.11. The molecule has 0 aromatic carbocycles. The van der Waals surface area contributed by atoms with Crippen LogP contribution in [0.25, 0.3) is 0 Å². The van der Waals surface area contributed by atoms with Gasteiger partial charge in [0.05, 0.1) is 5.56 Å². The lowest BCUT2D eigenvalue weighted by Gasteiger charge is -2.31. The number of nitrogens with one attached hydrogen (secondary N) is 1. The van der Waals surface area contributed by atoms with Gasteiger partial charge in [-0.2, -0.15) is 0 Å². The first-order chi connectivity index (χ1) is 8.99. The summed E-state index contributed by atoms with van der Waals surface area (Å²) in [6.45, 7) is 5.59. The number of rotatable bonds is 5. The number of nitrogens with two attached hydrogens (primary N) is 1. The van der Waals surface area contributed by atoms with Gasteiger partial charge in [-0.15, -0.1) is 0 Å². The smallest absolute Gasteiger partial charge is 0.253 e. The molecule has 104 valence electrons. The van der Waals surface area contributed by atoms with E-state index in [2.05, 4.69) is 15.5 Å². The zero-order chi connectivity index (χ0) is 14.5. The molecule has 0 bridgehead atoms. The molecule has 4 N–H and O–H groups in total. The Balaban J connectivity index is 2.97. The second-order valence-electron chi connectivity index (χ2n) is 4.42. The first kappa shape index (κ1) is 14.9. The van der Waals surface area contributed by atoms with E-state index in [4.69, 9.17) is 10.9 Å². The zero-order valence-electron chi connectivity index (χ0n) is 11.5. The summed E-state index contributed by atoms with van der Waals surface area (Å²) in [4.78, 5) is 16.2. The lowest BCUT2D eigenvalue weighted by molar-refractivity contribution is 0.0917. The highest BCUT2D eigenvalue weighted by Gasteiger charge is 2.33. The number of nitrogens with zero attached hydrogens (tertiary/aromatic N) is 2. The fourth-order valence-corrected chi connectivity index (χ4v) is 1.84. The molecule has 1 heterocycles. The van der Waals surface area contributed by atoms with Crippen LogP contribution in [0.4, 0.5) is 0 Å². The molecule has 0 fully saturated rings. The normalized spacial score (nSPS) is 12.3. The first-order valence-corrected chi connectivity index (χ1v) is 6.22. The highest BCUT2D eigenvalue weighted by atomic mass is 16.4. The van der Waals surface area contributed by atoms with Crippen molar-refractivity contribution in [3.8, 4) is 0 Å². The van der Waals surface area contributed by atoms with Gasteiger partial charge in [-0.1, -0.05) is 19.0 Å². The van der Waals surface area contributed by atoms with Crippen LogP contribution in [0.3, 0.4) is 0 Å². The third kappa shape index (κ3) is 3.21. The van der Waals surface area contributed by atoms with Crippen molar-refractivity contribution in [3.63, 3.8) is 0 Å². The minimum Gasteiger partial charge on any atom is -0.409 e. The molecule has 6 nitrogen and oxygen atoms in total. The molecule has 0 saturated heterocycles. The van der Waals surface area contributed by atoms with Crippen LogP contribution < -0.4 is 11.1 Å². The van der Waals surface area contributed by atoms with Crippen molar-refractivity contribution < 1.29 is 10.0 Å². The van der Waals surface area contributed by atoms with Crippen LogP contribution in [0.2, 0.25) is 0 Å². The molecule has 1 aromatic heterocycles. The van der Waals surface area contributed by atoms with Crippen LogP contribution in [0.1, 0.15) is 42.7 Å². The summed E-state index contributed by atoms with van der Waals surface area (Å²) >= 11 is 0. The number of carbonyl (C=O) groups excluding carboxylic acids is 1. The molecule has 0 aliphatic heterocycles. The van der Waals surface area contributed by atoms with Crippen LogP contribution in [-0.4, -0.2) is 27.5 Å². The molecule has 19 heavy (non-hydrogen) atoms. The summed E-state index contributed by atoms with van der Waals surface area (Å²) in [7, 11) is 0. The largest absolute Gasteiger partial charge is 0.409 e. The van der Waals surface area contributed by atoms with E-state index < -0.39 is 5.54 Å². The van der Waals surface area contributed by atoms with Gasteiger partial charge in [-0.25, -0.2) is 0 Å². The molecule has 0 saturated carbocycles. The molecule has 0 unspecified atom stereocenters. The Labute approximate surface area is 112 Å². The van der Waals surface area contributed by atoms with Crippen molar-refractivity contribution in [2.45, 2.75) is 39.2 Å². The van der Waals surface area contributed by atoms with Crippen LogP contribution in [0, 0.1) is 6.92 Å². The van der Waals surface area contributed by atoms with Gasteiger partial charge in [-0.05, 0) is 31.9 Å². The molecule has 6 heteroatoms. The second kappa shape index (κ2) is 6.17. The number of amidine groups is 1. The van der Waals surface area contributed by atoms with Crippen molar-refractivity contribution >= 4 is 11.7 Å². The average molecular weight is 264 g/mol. The number of pyridine rings is 1. The Morgan fingerprint density at radius 3 is 2.53 bits per heavy atom. The maximum atomic E-state index is 12.2. The van der Waals surface area contributed by atoms with Gasteiger partial charge in [0, 0.05) is 11.9 Å². The Bertz CT molecular complexity index is 464. The molecule has 1 amide bonds. The third-order valence-corrected chi connectivity index (χ3v) is 3.33. The van der Waals surface area contributed by atoms with Gasteiger partial charge < -0.3 is 16.3 Å². The molecular formula is C13H20N4O2. The lowest BCUT2D eigenvalue weighted by Crippen LogP contribution is -2.56. The second-order valence-corrected chi connectivity index (χ2v) is 4.42. The predicted octanol–water partition coefficient (Wildman–Crippen LogP) is 1.43. The van der Waals surface area contributed by atoms with Gasteiger partial charge in [-0.3, -0.25) is 9.78 Å². The fraction of sp³-hybridized carbons (Fsp3) is 0.462. The highest BCUT2D eigenvalue weighted by molar-refractivity contribution is 6.00. The summed E-state index contributed by atoms with van der Waals surface area (Å²) in [6.07, 6.45) is 2.57. The molecule has 0 aliphatic rings. The van der Waals surface area contributed by atoms with E-state index in [1.807, 2.05) is 20.8 Å². The number of hydrogen-bond acceptors (Lipinski definition) is 4. The number of aryl methyl sites for hydroxylation is 1. The molecular weight excluding hydrogens is 244 g/mol. The van der Waals surface area contributed by atoms with E-state index in [0.717, 1.165) is 5.69 Å². The number of oxime groups is 1. The number of amides is 1. The minimum atomic E-state index is -0.837. The van der Waals surface area contributed by atoms with Gasteiger partial charge in [0.25, 0.3) is 5.91 Å². The van der Waals surface area contributed by atoms with E-state index in [1.54, 1.807) is 12.1 Å². The van der Waals surface area contributed by atoms with Crippen LogP contribution in [0.15, 0.2) is 23.5 Å². The minimum absolute atomic E-state index is 0.00548. The van der Waals surface area contributed by atoms with E-state index in [9.17, 15) is 4.79 Å². The number of aromatic nitrogens is 1. The predicted molar refractivity (Wildman–Crippen MR) is 73.2 cm³/mol. The van der Waals surface area contributed by atoms with E-state index >= 15 is 0 Å². The van der Waals surface area contributed by atoms with Gasteiger partial charge in [0.2, 0.25) is 0 Å². The Kier molecular flexibility index (Phi) is 4.86. The van der Waals surface area contributed by atoms with Crippen LogP contribution >= 0.6 is 0 Å². The van der Waals surface area contributed by atoms with Crippen molar-refractivity contribution in [3.05, 3.63) is 29.6 Å². The van der Waals surface area contributed by atoms with Crippen molar-refractivity contribution in [1.29, 1.82) is 0 Å². The molecule has 0 radical (unpaired) electrons.